The molecule has 0 aliphatic heterocycles. The van der Waals surface area contributed by atoms with E-state index < -0.39 is 11.9 Å². The lowest BCUT2D eigenvalue weighted by Gasteiger charge is -2.04. The molecule has 0 spiro atoms. The molecule has 0 aromatic carbocycles. The van der Waals surface area contributed by atoms with Gasteiger partial charge in [0.05, 0.1) is 25.0 Å². The molecule has 1 heterocycles. The van der Waals surface area contributed by atoms with Gasteiger partial charge in [-0.3, -0.25) is 9.48 Å². The SMILES string of the molecule is COCCn1cc(NC(=O)C(C)=C(C)C(=O)O)cn1. The normalized spacial score (nSPS) is 11.9. The van der Waals surface area contributed by atoms with Gasteiger partial charge >= 0.3 is 5.97 Å². The first-order chi connectivity index (χ1) is 8.95. The van der Waals surface area contributed by atoms with Crippen LogP contribution in [0.15, 0.2) is 23.5 Å². The number of rotatable bonds is 6. The number of nitrogens with one attached hydrogen (secondary N) is 1. The van der Waals surface area contributed by atoms with Gasteiger partial charge in [0.2, 0.25) is 0 Å². The molecule has 104 valence electrons. The molecule has 1 aromatic heterocycles. The highest BCUT2D eigenvalue weighted by molar-refractivity contribution is 6.07. The minimum absolute atomic E-state index is 0.0178. The number of anilines is 1. The number of carboxylic acids is 1. The molecule has 0 bridgehead atoms. The molecule has 1 aromatic rings. The lowest BCUT2D eigenvalue weighted by atomic mass is 10.1. The summed E-state index contributed by atoms with van der Waals surface area (Å²) in [6, 6.07) is 0. The van der Waals surface area contributed by atoms with Crippen LogP contribution in [0.4, 0.5) is 5.69 Å². The molecule has 2 N–H and O–H groups in total. The van der Waals surface area contributed by atoms with Gasteiger partial charge in [-0.25, -0.2) is 4.79 Å². The summed E-state index contributed by atoms with van der Waals surface area (Å²) in [7, 11) is 1.59. The van der Waals surface area contributed by atoms with E-state index >= 15 is 0 Å². The first-order valence-corrected chi connectivity index (χ1v) is 5.69. The lowest BCUT2D eigenvalue weighted by Crippen LogP contribution is -2.16. The van der Waals surface area contributed by atoms with Crippen molar-refractivity contribution in [2.45, 2.75) is 20.4 Å². The monoisotopic (exact) mass is 267 g/mol. The molecule has 0 aliphatic carbocycles. The van der Waals surface area contributed by atoms with E-state index in [-0.39, 0.29) is 11.1 Å². The molecule has 1 rings (SSSR count). The predicted octanol–water partition coefficient (Wildman–Crippen LogP) is 0.889. The van der Waals surface area contributed by atoms with Crippen molar-refractivity contribution >= 4 is 17.6 Å². The van der Waals surface area contributed by atoms with Gasteiger partial charge in [-0.2, -0.15) is 5.10 Å². The van der Waals surface area contributed by atoms with Crippen LogP contribution in [0, 0.1) is 0 Å². The summed E-state index contributed by atoms with van der Waals surface area (Å²) in [5.41, 5.74) is 0.694. The number of aromatic nitrogens is 2. The lowest BCUT2D eigenvalue weighted by molar-refractivity contribution is -0.133. The van der Waals surface area contributed by atoms with E-state index in [4.69, 9.17) is 9.84 Å². The first-order valence-electron chi connectivity index (χ1n) is 5.69. The van der Waals surface area contributed by atoms with Gasteiger partial charge in [-0.1, -0.05) is 0 Å². The quantitative estimate of drug-likeness (QED) is 0.746. The Hall–Kier alpha value is -2.15. The molecule has 7 nitrogen and oxygen atoms in total. The molecular formula is C12H17N3O4. The van der Waals surface area contributed by atoms with Gasteiger partial charge in [-0.05, 0) is 13.8 Å². The molecule has 0 radical (unpaired) electrons. The van der Waals surface area contributed by atoms with Crippen LogP contribution in [-0.4, -0.2) is 40.5 Å². The summed E-state index contributed by atoms with van der Waals surface area (Å²) >= 11 is 0. The number of nitrogens with zero attached hydrogens (tertiary/aromatic N) is 2. The summed E-state index contributed by atoms with van der Waals surface area (Å²) in [4.78, 5) is 22.5. The maximum absolute atomic E-state index is 11.8. The van der Waals surface area contributed by atoms with Crippen LogP contribution < -0.4 is 5.32 Å². The third kappa shape index (κ3) is 4.22. The van der Waals surface area contributed by atoms with Gasteiger partial charge < -0.3 is 15.2 Å². The second-order valence-corrected chi connectivity index (χ2v) is 3.99. The maximum atomic E-state index is 11.8. The van der Waals surface area contributed by atoms with E-state index in [0.717, 1.165) is 0 Å². The number of hydrogen-bond donors (Lipinski definition) is 2. The summed E-state index contributed by atoms with van der Waals surface area (Å²) < 4.78 is 6.54. The summed E-state index contributed by atoms with van der Waals surface area (Å²) in [5, 5.41) is 15.4. The maximum Gasteiger partial charge on any atom is 0.331 e. The topological polar surface area (TPSA) is 93.5 Å². The number of hydrogen-bond acceptors (Lipinski definition) is 4. The van der Waals surface area contributed by atoms with E-state index in [1.165, 1.54) is 20.0 Å². The van der Waals surface area contributed by atoms with E-state index in [1.807, 2.05) is 0 Å². The third-order valence-corrected chi connectivity index (χ3v) is 2.64. The Morgan fingerprint density at radius 2 is 2.11 bits per heavy atom. The first kappa shape index (κ1) is 14.9. The number of carboxylic acid groups (broad SMARTS) is 1. The van der Waals surface area contributed by atoms with Crippen LogP contribution >= 0.6 is 0 Å². The van der Waals surface area contributed by atoms with Crippen molar-refractivity contribution in [3.05, 3.63) is 23.5 Å². The van der Waals surface area contributed by atoms with Crippen molar-refractivity contribution in [3.63, 3.8) is 0 Å². The number of carbonyl (C=O) groups is 2. The summed E-state index contributed by atoms with van der Waals surface area (Å²) in [6.07, 6.45) is 3.15. The van der Waals surface area contributed by atoms with E-state index in [9.17, 15) is 9.59 Å². The molecule has 0 unspecified atom stereocenters. The van der Waals surface area contributed by atoms with Gasteiger partial charge in [0.25, 0.3) is 5.91 Å². The molecule has 1 amide bonds. The highest BCUT2D eigenvalue weighted by Crippen LogP contribution is 2.10. The minimum Gasteiger partial charge on any atom is -0.478 e. The van der Waals surface area contributed by atoms with Crippen molar-refractivity contribution < 1.29 is 19.4 Å². The smallest absolute Gasteiger partial charge is 0.331 e. The fourth-order valence-electron chi connectivity index (χ4n) is 1.29. The Morgan fingerprint density at radius 3 is 2.68 bits per heavy atom. The van der Waals surface area contributed by atoms with Crippen LogP contribution in [-0.2, 0) is 20.9 Å². The van der Waals surface area contributed by atoms with E-state index in [0.29, 0.717) is 18.8 Å². The highest BCUT2D eigenvalue weighted by atomic mass is 16.5. The second kappa shape index (κ2) is 6.69. The number of methoxy groups -OCH3 is 1. The highest BCUT2D eigenvalue weighted by Gasteiger charge is 2.13. The van der Waals surface area contributed by atoms with Gasteiger partial charge in [-0.15, -0.1) is 0 Å². The van der Waals surface area contributed by atoms with Crippen molar-refractivity contribution in [1.82, 2.24) is 9.78 Å². The number of ether oxygens (including phenoxy) is 1. The zero-order chi connectivity index (χ0) is 14.4. The van der Waals surface area contributed by atoms with Gasteiger partial charge in [0.1, 0.15) is 0 Å². The van der Waals surface area contributed by atoms with Crippen molar-refractivity contribution in [3.8, 4) is 0 Å². The standard InChI is InChI=1S/C12H17N3O4/c1-8(9(2)12(17)18)11(16)14-10-6-13-15(7-10)4-5-19-3/h6-7H,4-5H2,1-3H3,(H,14,16)(H,17,18). The predicted molar refractivity (Wildman–Crippen MR) is 68.7 cm³/mol. The van der Waals surface area contributed by atoms with Crippen molar-refractivity contribution in [1.29, 1.82) is 0 Å². The Morgan fingerprint density at radius 1 is 1.42 bits per heavy atom. The van der Waals surface area contributed by atoms with Crippen LogP contribution in [0.5, 0.6) is 0 Å². The van der Waals surface area contributed by atoms with Crippen LogP contribution in [0.1, 0.15) is 13.8 Å². The largest absolute Gasteiger partial charge is 0.478 e. The Kier molecular flexibility index (Phi) is 5.25. The Labute approximate surface area is 110 Å². The Bertz CT molecular complexity index is 505. The fourth-order valence-corrected chi connectivity index (χ4v) is 1.29. The Balaban J connectivity index is 2.69. The second-order valence-electron chi connectivity index (χ2n) is 3.99. The molecule has 0 saturated heterocycles. The van der Waals surface area contributed by atoms with Crippen LogP contribution in [0.3, 0.4) is 0 Å². The zero-order valence-corrected chi connectivity index (χ0v) is 11.1. The third-order valence-electron chi connectivity index (χ3n) is 2.64. The average Bonchev–Trinajstić information content (AvgIpc) is 2.81. The molecule has 0 aliphatic rings. The van der Waals surface area contributed by atoms with Gasteiger partial charge in [0.15, 0.2) is 0 Å². The van der Waals surface area contributed by atoms with Crippen molar-refractivity contribution in [2.75, 3.05) is 19.0 Å². The number of carbonyl (C=O) groups excluding carboxylic acids is 1. The molecule has 0 saturated carbocycles. The van der Waals surface area contributed by atoms with E-state index in [1.54, 1.807) is 18.0 Å². The van der Waals surface area contributed by atoms with Crippen molar-refractivity contribution in [2.24, 2.45) is 0 Å². The van der Waals surface area contributed by atoms with Crippen LogP contribution in [0.2, 0.25) is 0 Å². The molecular weight excluding hydrogens is 250 g/mol. The van der Waals surface area contributed by atoms with Gasteiger partial charge in [0, 0.05) is 24.5 Å². The van der Waals surface area contributed by atoms with E-state index in [2.05, 4.69) is 10.4 Å². The number of aliphatic carboxylic acids is 1. The molecule has 0 fully saturated rings. The number of amides is 1. The molecule has 7 heteroatoms. The minimum atomic E-state index is -1.11. The summed E-state index contributed by atoms with van der Waals surface area (Å²) in [5.74, 6) is -1.56. The van der Waals surface area contributed by atoms with Crippen LogP contribution in [0.25, 0.3) is 0 Å². The molecule has 0 atom stereocenters. The average molecular weight is 267 g/mol. The summed E-state index contributed by atoms with van der Waals surface area (Å²) in [6.45, 7) is 3.95. The molecule has 19 heavy (non-hydrogen) atoms. The fraction of sp³-hybridized carbons (Fsp3) is 0.417. The zero-order valence-electron chi connectivity index (χ0n) is 11.1.